The average molecular weight is 416 g/mol. The number of anilines is 1. The highest BCUT2D eigenvalue weighted by atomic mass is 19.3. The van der Waals surface area contributed by atoms with E-state index in [2.05, 4.69) is 25.4 Å². The summed E-state index contributed by atoms with van der Waals surface area (Å²) in [4.78, 5) is 18.9. The van der Waals surface area contributed by atoms with Gasteiger partial charge in [-0.25, -0.2) is 13.2 Å². The van der Waals surface area contributed by atoms with Crippen molar-refractivity contribution < 1.29 is 18.0 Å². The molecule has 7 nitrogen and oxygen atoms in total. The molecule has 1 aliphatic heterocycles. The van der Waals surface area contributed by atoms with Crippen LogP contribution in [0.2, 0.25) is 0 Å². The molecule has 1 unspecified atom stereocenters. The number of benzene rings is 1. The lowest BCUT2D eigenvalue weighted by atomic mass is 9.88. The van der Waals surface area contributed by atoms with Crippen molar-refractivity contribution >= 4 is 11.9 Å². The van der Waals surface area contributed by atoms with Crippen molar-refractivity contribution in [2.45, 2.75) is 32.6 Å². The van der Waals surface area contributed by atoms with Crippen LogP contribution < -0.4 is 4.90 Å². The van der Waals surface area contributed by atoms with Crippen LogP contribution in [-0.2, 0) is 11.2 Å². The van der Waals surface area contributed by atoms with Crippen molar-refractivity contribution in [3.05, 3.63) is 53.1 Å². The van der Waals surface area contributed by atoms with Crippen molar-refractivity contribution in [3.63, 3.8) is 0 Å². The normalized spacial score (nSPS) is 17.0. The van der Waals surface area contributed by atoms with Crippen LogP contribution in [0.25, 0.3) is 11.4 Å². The smallest absolute Gasteiger partial charge is 0.264 e. The molecule has 156 valence electrons. The number of rotatable bonds is 5. The van der Waals surface area contributed by atoms with Gasteiger partial charge in [0.15, 0.2) is 5.82 Å². The molecule has 1 N–H and O–H groups in total. The van der Waals surface area contributed by atoms with Gasteiger partial charge in [0, 0.05) is 23.6 Å². The number of hydrogen-bond acceptors (Lipinski definition) is 5. The standard InChI is InChI=1S/C20H19F3N6O/c1-11-9-24-25-10-16(11)18-26-20(28-27-18)29-6-2-3-13(19(29)30)7-12-4-5-14(21)8-15(12)17(22)23/h4-5,8-10,13,17H,2-3,6-7H2,1H3,(H,26,27,28). The number of carbonyl (C=O) groups excluding carboxylic acids is 1. The van der Waals surface area contributed by atoms with Crippen LogP contribution in [0.15, 0.2) is 30.6 Å². The largest absolute Gasteiger partial charge is 0.279 e. The number of aromatic amines is 1. The van der Waals surface area contributed by atoms with Crippen LogP contribution in [0.3, 0.4) is 0 Å². The molecule has 10 heteroatoms. The minimum atomic E-state index is -2.81. The van der Waals surface area contributed by atoms with Crippen LogP contribution in [0, 0.1) is 18.7 Å². The zero-order chi connectivity index (χ0) is 21.3. The zero-order valence-corrected chi connectivity index (χ0v) is 16.1. The first-order valence-electron chi connectivity index (χ1n) is 9.52. The number of aryl methyl sites for hydroxylation is 1. The van der Waals surface area contributed by atoms with Crippen molar-refractivity contribution in [2.24, 2.45) is 5.92 Å². The Morgan fingerprint density at radius 2 is 2.07 bits per heavy atom. The molecular weight excluding hydrogens is 397 g/mol. The Morgan fingerprint density at radius 1 is 1.27 bits per heavy atom. The Balaban J connectivity index is 1.56. The van der Waals surface area contributed by atoms with Gasteiger partial charge in [0.05, 0.1) is 12.4 Å². The highest BCUT2D eigenvalue weighted by molar-refractivity contribution is 5.94. The summed E-state index contributed by atoms with van der Waals surface area (Å²) in [5.41, 5.74) is 1.48. The molecule has 1 amide bonds. The summed E-state index contributed by atoms with van der Waals surface area (Å²) in [5.74, 6) is -0.774. The first-order chi connectivity index (χ1) is 14.4. The SMILES string of the molecule is Cc1cnncc1-c1nc(N2CCCC(Cc3ccc(F)cc3C(F)F)C2=O)n[nH]1. The number of piperidine rings is 1. The van der Waals surface area contributed by atoms with Gasteiger partial charge in [0.1, 0.15) is 5.82 Å². The van der Waals surface area contributed by atoms with Crippen molar-refractivity contribution in [2.75, 3.05) is 11.4 Å². The second-order valence-corrected chi connectivity index (χ2v) is 7.25. The number of amides is 1. The highest BCUT2D eigenvalue weighted by Gasteiger charge is 2.33. The highest BCUT2D eigenvalue weighted by Crippen LogP contribution is 2.30. The molecule has 0 aliphatic carbocycles. The van der Waals surface area contributed by atoms with Gasteiger partial charge in [-0.2, -0.15) is 15.2 Å². The number of H-pyrrole nitrogens is 1. The molecule has 1 aromatic carbocycles. The zero-order valence-electron chi connectivity index (χ0n) is 16.1. The first kappa shape index (κ1) is 20.0. The molecule has 0 radical (unpaired) electrons. The lowest BCUT2D eigenvalue weighted by molar-refractivity contribution is -0.123. The van der Waals surface area contributed by atoms with Gasteiger partial charge in [-0.1, -0.05) is 6.07 Å². The van der Waals surface area contributed by atoms with Crippen molar-refractivity contribution in [1.29, 1.82) is 0 Å². The third-order valence-electron chi connectivity index (χ3n) is 5.26. The van der Waals surface area contributed by atoms with Gasteiger partial charge >= 0.3 is 0 Å². The molecule has 1 aliphatic rings. The van der Waals surface area contributed by atoms with Gasteiger partial charge in [-0.15, -0.1) is 5.10 Å². The van der Waals surface area contributed by atoms with E-state index in [4.69, 9.17) is 0 Å². The maximum absolute atomic E-state index is 13.4. The number of alkyl halides is 2. The average Bonchev–Trinajstić information content (AvgIpc) is 3.20. The summed E-state index contributed by atoms with van der Waals surface area (Å²) >= 11 is 0. The molecule has 3 heterocycles. The Morgan fingerprint density at radius 3 is 2.83 bits per heavy atom. The van der Waals surface area contributed by atoms with E-state index >= 15 is 0 Å². The van der Waals surface area contributed by atoms with E-state index in [0.29, 0.717) is 25.2 Å². The summed E-state index contributed by atoms with van der Waals surface area (Å²) in [7, 11) is 0. The predicted molar refractivity (Wildman–Crippen MR) is 102 cm³/mol. The number of nitrogens with one attached hydrogen (secondary N) is 1. The van der Waals surface area contributed by atoms with Crippen molar-refractivity contribution in [3.8, 4) is 11.4 Å². The van der Waals surface area contributed by atoms with E-state index in [9.17, 15) is 18.0 Å². The fraction of sp³-hybridized carbons (Fsp3) is 0.350. The molecule has 3 aromatic rings. The Hall–Kier alpha value is -3.30. The summed E-state index contributed by atoms with van der Waals surface area (Å²) in [5, 5.41) is 14.6. The Labute approximate surface area is 170 Å². The quantitative estimate of drug-likeness (QED) is 0.686. The first-order valence-corrected chi connectivity index (χ1v) is 9.52. The van der Waals surface area contributed by atoms with E-state index in [0.717, 1.165) is 23.3 Å². The van der Waals surface area contributed by atoms with Crippen LogP contribution >= 0.6 is 0 Å². The maximum atomic E-state index is 13.4. The maximum Gasteiger partial charge on any atom is 0.264 e. The van der Waals surface area contributed by atoms with Crippen LogP contribution in [0.1, 0.15) is 36.0 Å². The summed E-state index contributed by atoms with van der Waals surface area (Å²) in [6.45, 7) is 2.29. The third-order valence-corrected chi connectivity index (χ3v) is 5.26. The summed E-state index contributed by atoms with van der Waals surface area (Å²) in [6.07, 6.45) is 1.70. The Bertz CT molecular complexity index is 1070. The fourth-order valence-electron chi connectivity index (χ4n) is 3.68. The second-order valence-electron chi connectivity index (χ2n) is 7.25. The molecular formula is C20H19F3N6O. The van der Waals surface area contributed by atoms with E-state index in [1.165, 1.54) is 11.0 Å². The lowest BCUT2D eigenvalue weighted by Gasteiger charge is -2.30. The second kappa shape index (κ2) is 8.21. The Kier molecular flexibility index (Phi) is 5.47. The minimum Gasteiger partial charge on any atom is -0.279 e. The lowest BCUT2D eigenvalue weighted by Crippen LogP contribution is -2.42. The summed E-state index contributed by atoms with van der Waals surface area (Å²) in [6, 6.07) is 3.30. The molecule has 1 fully saturated rings. The fourth-order valence-corrected chi connectivity index (χ4v) is 3.68. The van der Waals surface area contributed by atoms with E-state index < -0.39 is 18.2 Å². The van der Waals surface area contributed by atoms with E-state index in [1.807, 2.05) is 6.92 Å². The third kappa shape index (κ3) is 3.89. The van der Waals surface area contributed by atoms with Crippen LogP contribution in [0.5, 0.6) is 0 Å². The van der Waals surface area contributed by atoms with Crippen molar-refractivity contribution in [1.82, 2.24) is 25.4 Å². The predicted octanol–water partition coefficient (Wildman–Crippen LogP) is 3.63. The van der Waals surface area contributed by atoms with Gasteiger partial charge in [-0.3, -0.25) is 14.8 Å². The minimum absolute atomic E-state index is 0.111. The molecule has 4 rings (SSSR count). The van der Waals surface area contributed by atoms with Gasteiger partial charge in [0.25, 0.3) is 12.4 Å². The number of aromatic nitrogens is 5. The number of carbonyl (C=O) groups is 1. The van der Waals surface area contributed by atoms with E-state index in [-0.39, 0.29) is 29.4 Å². The number of nitrogens with zero attached hydrogens (tertiary/aromatic N) is 5. The molecule has 1 saturated heterocycles. The monoisotopic (exact) mass is 416 g/mol. The van der Waals surface area contributed by atoms with Gasteiger partial charge in [-0.05, 0) is 49.4 Å². The number of hydrogen-bond donors (Lipinski definition) is 1. The van der Waals surface area contributed by atoms with Crippen LogP contribution in [-0.4, -0.2) is 37.8 Å². The molecule has 0 bridgehead atoms. The molecule has 30 heavy (non-hydrogen) atoms. The molecule has 0 saturated carbocycles. The van der Waals surface area contributed by atoms with Gasteiger partial charge < -0.3 is 0 Å². The molecule has 1 atom stereocenters. The van der Waals surface area contributed by atoms with Gasteiger partial charge in [0.2, 0.25) is 5.91 Å². The van der Waals surface area contributed by atoms with E-state index in [1.54, 1.807) is 12.4 Å². The molecule has 0 spiro atoms. The van der Waals surface area contributed by atoms with Crippen LogP contribution in [0.4, 0.5) is 19.1 Å². The molecule has 2 aromatic heterocycles. The topological polar surface area (TPSA) is 87.7 Å². The summed E-state index contributed by atoms with van der Waals surface area (Å²) < 4.78 is 40.0. The number of halogens is 3.